The van der Waals surface area contributed by atoms with E-state index in [2.05, 4.69) is 48.6 Å². The highest BCUT2D eigenvalue weighted by Gasteiger charge is 2.21. The van der Waals surface area contributed by atoms with Gasteiger partial charge in [0.1, 0.15) is 5.75 Å². The second-order valence-electron chi connectivity index (χ2n) is 8.64. The summed E-state index contributed by atoms with van der Waals surface area (Å²) in [6.45, 7) is 2.25. The monoisotopic (exact) mass is 648 g/mol. The molecule has 0 aliphatic heterocycles. The fraction of sp³-hybridized carbons (Fsp3) is 0.103. The molecule has 196 valence electrons. The summed E-state index contributed by atoms with van der Waals surface area (Å²) in [4.78, 5) is 12.9. The summed E-state index contributed by atoms with van der Waals surface area (Å²) in [6.07, 6.45) is 1.47. The van der Waals surface area contributed by atoms with Crippen molar-refractivity contribution in [2.75, 3.05) is 5.32 Å². The molecule has 10 heteroatoms. The zero-order valence-electron chi connectivity index (χ0n) is 21.0. The molecule has 0 radical (unpaired) electrons. The molecule has 0 aliphatic rings. The van der Waals surface area contributed by atoms with Crippen molar-refractivity contribution in [3.05, 3.63) is 106 Å². The van der Waals surface area contributed by atoms with E-state index in [1.807, 2.05) is 89.5 Å². The first-order chi connectivity index (χ1) is 19.0. The molecule has 4 aromatic carbocycles. The van der Waals surface area contributed by atoms with E-state index in [0.29, 0.717) is 17.3 Å². The van der Waals surface area contributed by atoms with Gasteiger partial charge in [0.15, 0.2) is 11.0 Å². The van der Waals surface area contributed by atoms with E-state index in [-0.39, 0.29) is 11.7 Å². The Balaban J connectivity index is 1.30. The molecule has 0 saturated carbocycles. The summed E-state index contributed by atoms with van der Waals surface area (Å²) < 4.78 is 3.11. The minimum Gasteiger partial charge on any atom is -0.507 e. The number of fused-ring (bicyclic) bond motifs is 1. The van der Waals surface area contributed by atoms with Crippen LogP contribution in [0.2, 0.25) is 0 Å². The fourth-order valence-corrected chi connectivity index (χ4v) is 5.20. The zero-order valence-corrected chi connectivity index (χ0v) is 23.9. The van der Waals surface area contributed by atoms with Crippen molar-refractivity contribution >= 4 is 62.9 Å². The van der Waals surface area contributed by atoms with Crippen molar-refractivity contribution < 1.29 is 9.90 Å². The Hall–Kier alpha value is -3.90. The molecular formula is C29H25IN6O2S. The quantitative estimate of drug-likeness (QED) is 0.0788. The first-order valence-corrected chi connectivity index (χ1v) is 14.1. The molecule has 5 rings (SSSR count). The van der Waals surface area contributed by atoms with Crippen molar-refractivity contribution in [1.29, 1.82) is 0 Å². The Morgan fingerprint density at radius 3 is 2.56 bits per heavy atom. The van der Waals surface area contributed by atoms with E-state index in [9.17, 15) is 9.90 Å². The maximum Gasteiger partial charge on any atom is 0.253 e. The Morgan fingerprint density at radius 1 is 1.03 bits per heavy atom. The van der Waals surface area contributed by atoms with Crippen LogP contribution in [0.3, 0.4) is 0 Å². The minimum absolute atomic E-state index is 0.0939. The third-order valence-corrected chi connectivity index (χ3v) is 7.74. The van der Waals surface area contributed by atoms with Gasteiger partial charge in [-0.1, -0.05) is 60.3 Å². The highest BCUT2D eigenvalue weighted by molar-refractivity contribution is 14.1. The van der Waals surface area contributed by atoms with E-state index in [0.717, 1.165) is 31.5 Å². The Bertz CT molecular complexity index is 1620. The molecule has 0 spiro atoms. The van der Waals surface area contributed by atoms with Crippen LogP contribution in [0.25, 0.3) is 16.5 Å². The maximum atomic E-state index is 12.9. The number of aromatic hydroxyl groups is 1. The lowest BCUT2D eigenvalue weighted by Gasteiger charge is -2.13. The molecule has 5 aromatic rings. The number of thioether (sulfide) groups is 1. The Kier molecular flexibility index (Phi) is 8.42. The molecule has 39 heavy (non-hydrogen) atoms. The smallest absolute Gasteiger partial charge is 0.253 e. The van der Waals surface area contributed by atoms with Gasteiger partial charge in [-0.2, -0.15) is 5.10 Å². The van der Waals surface area contributed by atoms with Gasteiger partial charge < -0.3 is 10.4 Å². The SMILES string of the molecule is CC(Sc1nnc(CNc2ccc(I)cc2)n1-c1ccccc1)C(=O)NN=Cc1c(O)ccc2ccccc12. The number of anilines is 1. The number of amides is 1. The third kappa shape index (κ3) is 6.40. The Morgan fingerprint density at radius 2 is 1.77 bits per heavy atom. The molecule has 0 bridgehead atoms. The lowest BCUT2D eigenvalue weighted by atomic mass is 10.0. The van der Waals surface area contributed by atoms with Crippen molar-refractivity contribution in [2.45, 2.75) is 23.9 Å². The van der Waals surface area contributed by atoms with E-state index in [1.54, 1.807) is 13.0 Å². The van der Waals surface area contributed by atoms with Gasteiger partial charge in [-0.05, 0) is 82.8 Å². The number of phenolic OH excluding ortho intramolecular Hbond substituents is 1. The molecule has 1 amide bonds. The average Bonchev–Trinajstić information content (AvgIpc) is 3.36. The second kappa shape index (κ2) is 12.3. The summed E-state index contributed by atoms with van der Waals surface area (Å²) in [5.41, 5.74) is 5.02. The van der Waals surface area contributed by atoms with Crippen LogP contribution in [0.1, 0.15) is 18.3 Å². The van der Waals surface area contributed by atoms with Gasteiger partial charge in [0.25, 0.3) is 5.91 Å². The van der Waals surface area contributed by atoms with Crippen LogP contribution >= 0.6 is 34.4 Å². The molecule has 0 aliphatic carbocycles. The first kappa shape index (κ1) is 26.7. The lowest BCUT2D eigenvalue weighted by molar-refractivity contribution is -0.120. The van der Waals surface area contributed by atoms with Gasteiger partial charge in [-0.3, -0.25) is 9.36 Å². The maximum absolute atomic E-state index is 12.9. The molecule has 1 unspecified atom stereocenters. The second-order valence-corrected chi connectivity index (χ2v) is 11.2. The summed E-state index contributed by atoms with van der Waals surface area (Å²) >= 11 is 3.57. The highest BCUT2D eigenvalue weighted by Crippen LogP contribution is 2.27. The van der Waals surface area contributed by atoms with Gasteiger partial charge in [0, 0.05) is 20.5 Å². The van der Waals surface area contributed by atoms with Crippen LogP contribution < -0.4 is 10.7 Å². The predicted octanol–water partition coefficient (Wildman–Crippen LogP) is 5.97. The van der Waals surface area contributed by atoms with E-state index in [1.165, 1.54) is 18.0 Å². The van der Waals surface area contributed by atoms with Crippen LogP contribution in [0, 0.1) is 3.57 Å². The molecule has 3 N–H and O–H groups in total. The van der Waals surface area contributed by atoms with Gasteiger partial charge in [0.05, 0.1) is 18.0 Å². The number of carbonyl (C=O) groups is 1. The number of carbonyl (C=O) groups excluding carboxylic acids is 1. The number of aromatic nitrogens is 3. The standard InChI is InChI=1S/C29H25IN6O2S/c1-19(28(38)34-32-17-25-24-10-6-5-7-20(24)11-16-26(25)37)39-29-35-33-27(36(29)23-8-3-2-4-9-23)18-31-22-14-12-21(30)13-15-22/h2-17,19,31,37H,18H2,1H3,(H,34,38). The van der Waals surface area contributed by atoms with Crippen molar-refractivity contribution in [3.63, 3.8) is 0 Å². The number of hydrogen-bond donors (Lipinski definition) is 3. The molecule has 1 aromatic heterocycles. The van der Waals surface area contributed by atoms with Crippen LogP contribution in [-0.4, -0.2) is 37.2 Å². The first-order valence-electron chi connectivity index (χ1n) is 12.2. The predicted molar refractivity (Wildman–Crippen MR) is 165 cm³/mol. The number of rotatable bonds is 9. The van der Waals surface area contributed by atoms with E-state index < -0.39 is 5.25 Å². The highest BCUT2D eigenvalue weighted by atomic mass is 127. The van der Waals surface area contributed by atoms with Crippen molar-refractivity contribution in [1.82, 2.24) is 20.2 Å². The molecule has 1 atom stereocenters. The topological polar surface area (TPSA) is 104 Å². The third-order valence-electron chi connectivity index (χ3n) is 5.98. The average molecular weight is 649 g/mol. The fourth-order valence-electron chi connectivity index (χ4n) is 3.96. The largest absolute Gasteiger partial charge is 0.507 e. The van der Waals surface area contributed by atoms with Gasteiger partial charge in [0.2, 0.25) is 0 Å². The number of benzene rings is 4. The van der Waals surface area contributed by atoms with Crippen LogP contribution in [0.15, 0.2) is 101 Å². The van der Waals surface area contributed by atoms with Gasteiger partial charge >= 0.3 is 0 Å². The number of nitrogens with one attached hydrogen (secondary N) is 2. The summed E-state index contributed by atoms with van der Waals surface area (Å²) in [5, 5.41) is 28.6. The number of para-hydroxylation sites is 1. The van der Waals surface area contributed by atoms with Crippen LogP contribution in [0.5, 0.6) is 5.75 Å². The molecule has 8 nitrogen and oxygen atoms in total. The number of halogens is 1. The molecule has 1 heterocycles. The molecule has 0 fully saturated rings. The molecule has 0 saturated heterocycles. The normalized spacial score (nSPS) is 12.1. The minimum atomic E-state index is -0.507. The van der Waals surface area contributed by atoms with E-state index >= 15 is 0 Å². The lowest BCUT2D eigenvalue weighted by Crippen LogP contribution is -2.27. The van der Waals surface area contributed by atoms with Gasteiger partial charge in [-0.25, -0.2) is 5.43 Å². The summed E-state index contributed by atoms with van der Waals surface area (Å²) in [5.74, 6) is 0.521. The number of hydrogen-bond acceptors (Lipinski definition) is 7. The number of hydrazone groups is 1. The number of nitrogens with zero attached hydrogens (tertiary/aromatic N) is 4. The van der Waals surface area contributed by atoms with Crippen LogP contribution in [0.4, 0.5) is 5.69 Å². The van der Waals surface area contributed by atoms with Gasteiger partial charge in [-0.15, -0.1) is 10.2 Å². The summed E-state index contributed by atoms with van der Waals surface area (Å²) in [6, 6.07) is 29.1. The van der Waals surface area contributed by atoms with Crippen molar-refractivity contribution in [2.24, 2.45) is 5.10 Å². The van der Waals surface area contributed by atoms with Crippen LogP contribution in [-0.2, 0) is 11.3 Å². The molecular weight excluding hydrogens is 623 g/mol. The van der Waals surface area contributed by atoms with E-state index in [4.69, 9.17) is 0 Å². The Labute approximate surface area is 243 Å². The number of phenols is 1. The zero-order chi connectivity index (χ0) is 27.2. The summed E-state index contributed by atoms with van der Waals surface area (Å²) in [7, 11) is 0. The van der Waals surface area contributed by atoms with Crippen molar-refractivity contribution in [3.8, 4) is 11.4 Å².